The molecular formula is C25H19Cl2F3N2O2S. The minimum absolute atomic E-state index is 0.0215. The van der Waals surface area contributed by atoms with Gasteiger partial charge in [0.1, 0.15) is 11.3 Å². The standard InChI is InChI=1S/C25H19Cl2F3N2O2S/c26-19-12-20-24(23(27)22(19)17-3-1-2-4-18(17)25(28,29)30)32-21(31-20)11-14-7-9-16(10-8-14)35(33,34)13-15-5-6-15/h1-4,7-10,12,15H,5-6,11,13H2,(H,31,32). The number of benzene rings is 3. The molecular weight excluding hydrogens is 520 g/mol. The molecule has 0 aliphatic heterocycles. The van der Waals surface area contributed by atoms with E-state index in [9.17, 15) is 21.6 Å². The number of H-pyrrole nitrogens is 1. The summed E-state index contributed by atoms with van der Waals surface area (Å²) in [6.07, 6.45) is -2.31. The summed E-state index contributed by atoms with van der Waals surface area (Å²) < 4.78 is 65.7. The van der Waals surface area contributed by atoms with Gasteiger partial charge in [-0.25, -0.2) is 13.4 Å². The maximum Gasteiger partial charge on any atom is 0.417 e. The van der Waals surface area contributed by atoms with Crippen LogP contribution in [0.2, 0.25) is 10.0 Å². The zero-order valence-corrected chi connectivity index (χ0v) is 20.5. The van der Waals surface area contributed by atoms with Crippen LogP contribution in [-0.2, 0) is 22.4 Å². The van der Waals surface area contributed by atoms with Gasteiger partial charge >= 0.3 is 6.18 Å². The number of hydrogen-bond acceptors (Lipinski definition) is 3. The van der Waals surface area contributed by atoms with Crippen LogP contribution in [0.5, 0.6) is 0 Å². The molecule has 0 amide bonds. The van der Waals surface area contributed by atoms with Crippen LogP contribution < -0.4 is 0 Å². The van der Waals surface area contributed by atoms with Gasteiger partial charge in [0.2, 0.25) is 0 Å². The number of nitrogens with zero attached hydrogens (tertiary/aromatic N) is 1. The first kappa shape index (κ1) is 24.2. The molecule has 182 valence electrons. The molecule has 35 heavy (non-hydrogen) atoms. The Morgan fingerprint density at radius 1 is 1.03 bits per heavy atom. The van der Waals surface area contributed by atoms with Crippen molar-refractivity contribution in [1.82, 2.24) is 9.97 Å². The van der Waals surface area contributed by atoms with Gasteiger partial charge in [-0.2, -0.15) is 13.2 Å². The van der Waals surface area contributed by atoms with Crippen molar-refractivity contribution >= 4 is 44.1 Å². The van der Waals surface area contributed by atoms with E-state index in [4.69, 9.17) is 23.2 Å². The molecule has 0 bridgehead atoms. The van der Waals surface area contributed by atoms with E-state index in [0.717, 1.165) is 24.5 Å². The molecule has 3 aromatic carbocycles. The number of hydrogen-bond donors (Lipinski definition) is 1. The van der Waals surface area contributed by atoms with Crippen LogP contribution in [-0.4, -0.2) is 24.1 Å². The second-order valence-corrected chi connectivity index (χ2v) is 11.5. The molecule has 10 heteroatoms. The molecule has 0 radical (unpaired) electrons. The number of aromatic amines is 1. The lowest BCUT2D eigenvalue weighted by atomic mass is 9.98. The van der Waals surface area contributed by atoms with E-state index < -0.39 is 21.6 Å². The van der Waals surface area contributed by atoms with Crippen molar-refractivity contribution in [3.63, 3.8) is 0 Å². The first-order valence-electron chi connectivity index (χ1n) is 10.9. The summed E-state index contributed by atoms with van der Waals surface area (Å²) in [4.78, 5) is 7.90. The molecule has 1 fully saturated rings. The van der Waals surface area contributed by atoms with E-state index in [1.807, 2.05) is 0 Å². The molecule has 4 aromatic rings. The van der Waals surface area contributed by atoms with Gasteiger partial charge in [0.25, 0.3) is 0 Å². The number of imidazole rings is 1. The van der Waals surface area contributed by atoms with Crippen LogP contribution in [0.25, 0.3) is 22.2 Å². The molecule has 1 heterocycles. The summed E-state index contributed by atoms with van der Waals surface area (Å²) in [5.74, 6) is 0.960. The van der Waals surface area contributed by atoms with Crippen LogP contribution in [0.4, 0.5) is 13.2 Å². The van der Waals surface area contributed by atoms with Crippen LogP contribution in [0.1, 0.15) is 29.8 Å². The van der Waals surface area contributed by atoms with Crippen LogP contribution in [0.3, 0.4) is 0 Å². The summed E-state index contributed by atoms with van der Waals surface area (Å²) in [5, 5.41) is 0.0906. The molecule has 1 aliphatic rings. The zero-order chi connectivity index (χ0) is 25.0. The van der Waals surface area contributed by atoms with Crippen molar-refractivity contribution in [3.05, 3.63) is 81.6 Å². The van der Waals surface area contributed by atoms with Crippen molar-refractivity contribution in [2.75, 3.05) is 5.75 Å². The minimum Gasteiger partial charge on any atom is -0.342 e. The number of fused-ring (bicyclic) bond motifs is 1. The molecule has 4 nitrogen and oxygen atoms in total. The number of sulfone groups is 1. The highest BCUT2D eigenvalue weighted by molar-refractivity contribution is 7.91. The Hall–Kier alpha value is -2.55. The largest absolute Gasteiger partial charge is 0.417 e. The predicted octanol–water partition coefficient (Wildman–Crippen LogP) is 7.33. The molecule has 1 aromatic heterocycles. The average molecular weight is 539 g/mol. The van der Waals surface area contributed by atoms with E-state index in [1.54, 1.807) is 24.3 Å². The third kappa shape index (κ3) is 4.92. The van der Waals surface area contributed by atoms with Crippen molar-refractivity contribution in [2.45, 2.75) is 30.3 Å². The minimum atomic E-state index is -4.58. The van der Waals surface area contributed by atoms with Gasteiger partial charge in [-0.1, -0.05) is 53.5 Å². The van der Waals surface area contributed by atoms with Gasteiger partial charge in [-0.15, -0.1) is 0 Å². The summed E-state index contributed by atoms with van der Waals surface area (Å²) >= 11 is 12.9. The molecule has 1 saturated carbocycles. The molecule has 5 rings (SSSR count). The summed E-state index contributed by atoms with van der Waals surface area (Å²) in [7, 11) is -3.30. The maximum atomic E-state index is 13.6. The van der Waals surface area contributed by atoms with Crippen molar-refractivity contribution < 1.29 is 21.6 Å². The number of rotatable bonds is 6. The lowest BCUT2D eigenvalue weighted by Gasteiger charge is -2.15. The normalized spacial score (nSPS) is 14.5. The second-order valence-electron chi connectivity index (χ2n) is 8.72. The van der Waals surface area contributed by atoms with Gasteiger partial charge in [0, 0.05) is 12.0 Å². The third-order valence-corrected chi connectivity index (χ3v) is 8.59. The Morgan fingerprint density at radius 2 is 1.71 bits per heavy atom. The van der Waals surface area contributed by atoms with Crippen LogP contribution in [0, 0.1) is 5.92 Å². The zero-order valence-electron chi connectivity index (χ0n) is 18.2. The Morgan fingerprint density at radius 3 is 2.37 bits per heavy atom. The Balaban J connectivity index is 1.47. The van der Waals surface area contributed by atoms with E-state index >= 15 is 0 Å². The molecule has 0 saturated heterocycles. The number of nitrogens with one attached hydrogen (secondary N) is 1. The molecule has 0 unspecified atom stereocenters. The lowest BCUT2D eigenvalue weighted by Crippen LogP contribution is -2.08. The van der Waals surface area contributed by atoms with Gasteiger partial charge < -0.3 is 4.98 Å². The van der Waals surface area contributed by atoms with Crippen LogP contribution in [0.15, 0.2) is 59.5 Å². The quantitative estimate of drug-likeness (QED) is 0.279. The highest BCUT2D eigenvalue weighted by Crippen LogP contribution is 2.44. The van der Waals surface area contributed by atoms with Crippen molar-refractivity contribution in [2.24, 2.45) is 5.92 Å². The van der Waals surface area contributed by atoms with Gasteiger partial charge in [-0.05, 0) is 54.2 Å². The Kier molecular flexibility index (Phi) is 6.10. The summed E-state index contributed by atoms with van der Waals surface area (Å²) in [6.45, 7) is 0. The number of aromatic nitrogens is 2. The van der Waals surface area contributed by atoms with Gasteiger partial charge in [0.05, 0.1) is 31.8 Å². The maximum absolute atomic E-state index is 13.6. The first-order valence-corrected chi connectivity index (χ1v) is 13.3. The topological polar surface area (TPSA) is 62.8 Å². The fourth-order valence-corrected chi connectivity index (χ4v) is 6.51. The smallest absolute Gasteiger partial charge is 0.342 e. The van der Waals surface area contributed by atoms with Gasteiger partial charge in [-0.3, -0.25) is 0 Å². The highest BCUT2D eigenvalue weighted by atomic mass is 35.5. The van der Waals surface area contributed by atoms with E-state index in [1.165, 1.54) is 24.3 Å². The SMILES string of the molecule is O=S(=O)(CC1CC1)c1ccc(Cc2nc3c(Cl)c(-c4ccccc4C(F)(F)F)c(Cl)cc3[nH]2)cc1. The molecule has 0 spiro atoms. The van der Waals surface area contributed by atoms with Crippen molar-refractivity contribution in [1.29, 1.82) is 0 Å². The monoisotopic (exact) mass is 538 g/mol. The summed E-state index contributed by atoms with van der Waals surface area (Å²) in [5.41, 5.74) is 0.727. The molecule has 1 N–H and O–H groups in total. The molecule has 0 atom stereocenters. The Bertz CT molecular complexity index is 1530. The number of halogens is 5. The van der Waals surface area contributed by atoms with Gasteiger partial charge in [0.15, 0.2) is 9.84 Å². The molecule has 1 aliphatic carbocycles. The van der Waals surface area contributed by atoms with Crippen molar-refractivity contribution in [3.8, 4) is 11.1 Å². The Labute approximate surface area is 210 Å². The number of alkyl halides is 3. The average Bonchev–Trinajstić information content (AvgIpc) is 3.50. The summed E-state index contributed by atoms with van der Waals surface area (Å²) in [6, 6.07) is 13.3. The highest BCUT2D eigenvalue weighted by Gasteiger charge is 2.34. The van der Waals surface area contributed by atoms with E-state index in [-0.39, 0.29) is 32.8 Å². The van der Waals surface area contributed by atoms with Crippen LogP contribution >= 0.6 is 23.2 Å². The van der Waals surface area contributed by atoms with E-state index in [2.05, 4.69) is 9.97 Å². The second kappa shape index (κ2) is 8.84. The fraction of sp³-hybridized carbons (Fsp3) is 0.240. The van der Waals surface area contributed by atoms with E-state index in [0.29, 0.717) is 28.2 Å². The first-order chi connectivity index (χ1) is 16.5. The third-order valence-electron chi connectivity index (χ3n) is 6.03. The predicted molar refractivity (Wildman–Crippen MR) is 131 cm³/mol. The fourth-order valence-electron chi connectivity index (χ4n) is 4.11. The lowest BCUT2D eigenvalue weighted by molar-refractivity contribution is -0.137.